The van der Waals surface area contributed by atoms with Crippen molar-refractivity contribution in [2.45, 2.75) is 58.8 Å². The zero-order valence-electron chi connectivity index (χ0n) is 8.77. The van der Waals surface area contributed by atoms with E-state index < -0.39 is 0 Å². The van der Waals surface area contributed by atoms with Crippen molar-refractivity contribution in [2.75, 3.05) is 11.5 Å². The van der Waals surface area contributed by atoms with Crippen molar-refractivity contribution >= 4 is 11.8 Å². The van der Waals surface area contributed by atoms with Crippen LogP contribution in [-0.2, 0) is 0 Å². The van der Waals surface area contributed by atoms with Gasteiger partial charge in [0.2, 0.25) is 0 Å². The van der Waals surface area contributed by atoms with Crippen LogP contribution in [0.4, 0.5) is 0 Å². The lowest BCUT2D eigenvalue weighted by molar-refractivity contribution is 0.702. The van der Waals surface area contributed by atoms with Crippen LogP contribution < -0.4 is 0 Å². The maximum Gasteiger partial charge on any atom is -0.00675 e. The molecule has 0 nitrogen and oxygen atoms in total. The van der Waals surface area contributed by atoms with Gasteiger partial charge >= 0.3 is 0 Å². The molecule has 0 aromatic rings. The van der Waals surface area contributed by atoms with Gasteiger partial charge in [-0.25, -0.2) is 0 Å². The molecule has 0 aromatic heterocycles. The largest absolute Gasteiger partial charge is 0.162 e. The average Bonchev–Trinajstić information content (AvgIpc) is 2.18. The molecular formula is C11H24S. The molecule has 0 unspecified atom stereocenters. The molecule has 0 spiro atoms. The highest BCUT2D eigenvalue weighted by atomic mass is 32.2. The quantitative estimate of drug-likeness (QED) is 0.588. The van der Waals surface area contributed by atoms with Crippen molar-refractivity contribution in [3.63, 3.8) is 0 Å². The molecule has 1 rings (SSSR count). The first-order chi connectivity index (χ1) is 5.91. The molecule has 74 valence electrons. The summed E-state index contributed by atoms with van der Waals surface area (Å²) < 4.78 is 0. The van der Waals surface area contributed by atoms with E-state index in [1.165, 1.54) is 56.5 Å². The molecule has 12 heavy (non-hydrogen) atoms. The third-order valence-corrected chi connectivity index (χ3v) is 3.19. The van der Waals surface area contributed by atoms with Crippen LogP contribution in [0.15, 0.2) is 0 Å². The van der Waals surface area contributed by atoms with Crippen LogP contribution in [-0.4, -0.2) is 11.5 Å². The first-order valence-electron chi connectivity index (χ1n) is 5.49. The van der Waals surface area contributed by atoms with E-state index >= 15 is 0 Å². The summed E-state index contributed by atoms with van der Waals surface area (Å²) in [6.07, 6.45) is 9.94. The van der Waals surface area contributed by atoms with Crippen LogP contribution in [0, 0.1) is 0 Å². The fraction of sp³-hybridized carbons (Fsp3) is 1.00. The Balaban J connectivity index is 0.000000202. The molecule has 1 fully saturated rings. The third-order valence-electron chi connectivity index (χ3n) is 2.03. The molecule has 1 saturated heterocycles. The highest BCUT2D eigenvalue weighted by molar-refractivity contribution is 7.99. The molecule has 1 heterocycles. The Morgan fingerprint density at radius 3 is 1.50 bits per heavy atom. The van der Waals surface area contributed by atoms with E-state index in [0.717, 1.165) is 0 Å². The Hall–Kier alpha value is 0.350. The third kappa shape index (κ3) is 10.3. The zero-order chi connectivity index (χ0) is 9.07. The summed E-state index contributed by atoms with van der Waals surface area (Å²) in [7, 11) is 0. The van der Waals surface area contributed by atoms with E-state index in [1.54, 1.807) is 0 Å². The molecule has 1 heteroatoms. The topological polar surface area (TPSA) is 0 Å². The number of rotatable bonds is 3. The van der Waals surface area contributed by atoms with Gasteiger partial charge in [0.25, 0.3) is 0 Å². The number of unbranched alkanes of at least 4 members (excludes halogenated alkanes) is 3. The molecule has 0 N–H and O–H groups in total. The molecule has 0 atom stereocenters. The summed E-state index contributed by atoms with van der Waals surface area (Å²) >= 11 is 2.09. The van der Waals surface area contributed by atoms with Gasteiger partial charge < -0.3 is 0 Å². The Bertz CT molecular complexity index is 51.9. The van der Waals surface area contributed by atoms with Gasteiger partial charge in [-0.15, -0.1) is 0 Å². The second-order valence-electron chi connectivity index (χ2n) is 3.38. The summed E-state index contributed by atoms with van der Waals surface area (Å²) in [6, 6.07) is 0. The molecule has 1 aliphatic heterocycles. The van der Waals surface area contributed by atoms with Crippen LogP contribution in [0.3, 0.4) is 0 Å². The predicted octanol–water partition coefficient (Wildman–Crippen LogP) is 4.49. The summed E-state index contributed by atoms with van der Waals surface area (Å²) in [5.41, 5.74) is 0. The van der Waals surface area contributed by atoms with Gasteiger partial charge in [0, 0.05) is 0 Å². The van der Waals surface area contributed by atoms with Crippen molar-refractivity contribution in [2.24, 2.45) is 0 Å². The van der Waals surface area contributed by atoms with E-state index in [-0.39, 0.29) is 0 Å². The van der Waals surface area contributed by atoms with Crippen LogP contribution in [0.5, 0.6) is 0 Å². The number of thioether (sulfide) groups is 1. The normalized spacial score (nSPS) is 16.5. The van der Waals surface area contributed by atoms with E-state index in [0.29, 0.717) is 0 Å². The monoisotopic (exact) mass is 188 g/mol. The van der Waals surface area contributed by atoms with E-state index in [2.05, 4.69) is 25.6 Å². The second-order valence-corrected chi connectivity index (χ2v) is 4.60. The van der Waals surface area contributed by atoms with Gasteiger partial charge in [-0.1, -0.05) is 46.0 Å². The minimum Gasteiger partial charge on any atom is -0.162 e. The lowest BCUT2D eigenvalue weighted by Crippen LogP contribution is -1.91. The van der Waals surface area contributed by atoms with Crippen molar-refractivity contribution in [3.8, 4) is 0 Å². The molecule has 0 aromatic carbocycles. The second kappa shape index (κ2) is 11.4. The molecule has 0 aliphatic carbocycles. The van der Waals surface area contributed by atoms with Gasteiger partial charge in [-0.05, 0) is 24.3 Å². The standard InChI is InChI=1S/C6H14.C5H10S/c1-3-5-6-4-2;1-2-4-6-5-3-1/h3-6H2,1-2H3;1-5H2. The number of hydrogen-bond acceptors (Lipinski definition) is 1. The minimum atomic E-state index is 1.36. The summed E-state index contributed by atoms with van der Waals surface area (Å²) in [6.45, 7) is 4.46. The van der Waals surface area contributed by atoms with Crippen LogP contribution >= 0.6 is 11.8 Å². The van der Waals surface area contributed by atoms with Crippen LogP contribution in [0.1, 0.15) is 58.8 Å². The van der Waals surface area contributed by atoms with Crippen molar-refractivity contribution in [1.29, 1.82) is 0 Å². The van der Waals surface area contributed by atoms with Crippen molar-refractivity contribution in [1.82, 2.24) is 0 Å². The summed E-state index contributed by atoms with van der Waals surface area (Å²) in [4.78, 5) is 0. The van der Waals surface area contributed by atoms with E-state index in [1.807, 2.05) is 0 Å². The average molecular weight is 188 g/mol. The summed E-state index contributed by atoms with van der Waals surface area (Å²) in [5, 5.41) is 0. The van der Waals surface area contributed by atoms with Crippen LogP contribution in [0.25, 0.3) is 0 Å². The van der Waals surface area contributed by atoms with Gasteiger partial charge in [-0.3, -0.25) is 0 Å². The fourth-order valence-corrected chi connectivity index (χ4v) is 2.21. The highest BCUT2D eigenvalue weighted by Gasteiger charge is 1.95. The van der Waals surface area contributed by atoms with E-state index in [4.69, 9.17) is 0 Å². The Morgan fingerprint density at radius 2 is 1.33 bits per heavy atom. The zero-order valence-corrected chi connectivity index (χ0v) is 9.59. The van der Waals surface area contributed by atoms with Gasteiger partial charge in [0.1, 0.15) is 0 Å². The Labute approximate surface area is 82.5 Å². The van der Waals surface area contributed by atoms with Crippen molar-refractivity contribution < 1.29 is 0 Å². The highest BCUT2D eigenvalue weighted by Crippen LogP contribution is 2.14. The first kappa shape index (κ1) is 12.3. The molecule has 0 saturated carbocycles. The minimum absolute atomic E-state index is 1.36. The Morgan fingerprint density at radius 1 is 0.833 bits per heavy atom. The summed E-state index contributed by atoms with van der Waals surface area (Å²) in [5.74, 6) is 2.83. The van der Waals surface area contributed by atoms with Gasteiger partial charge in [-0.2, -0.15) is 11.8 Å². The SMILES string of the molecule is C1CCSCC1.CCCCCC. The van der Waals surface area contributed by atoms with E-state index in [9.17, 15) is 0 Å². The van der Waals surface area contributed by atoms with Gasteiger partial charge in [0.05, 0.1) is 0 Å². The van der Waals surface area contributed by atoms with Crippen molar-refractivity contribution in [3.05, 3.63) is 0 Å². The smallest absolute Gasteiger partial charge is 0.00675 e. The lowest BCUT2D eigenvalue weighted by atomic mass is 10.2. The molecule has 0 radical (unpaired) electrons. The van der Waals surface area contributed by atoms with Gasteiger partial charge in [0.15, 0.2) is 0 Å². The predicted molar refractivity (Wildman–Crippen MR) is 61.0 cm³/mol. The Kier molecular flexibility index (Phi) is 11.7. The molecule has 1 aliphatic rings. The lowest BCUT2D eigenvalue weighted by Gasteiger charge is -2.05. The fourth-order valence-electron chi connectivity index (χ4n) is 1.19. The molecule has 0 amide bonds. The number of hydrogen-bond donors (Lipinski definition) is 0. The maximum absolute atomic E-state index is 2.23. The molecular weight excluding hydrogens is 164 g/mol. The maximum atomic E-state index is 2.23. The molecule has 0 bridgehead atoms. The first-order valence-corrected chi connectivity index (χ1v) is 6.65. The van der Waals surface area contributed by atoms with Crippen LogP contribution in [0.2, 0.25) is 0 Å².